The summed E-state index contributed by atoms with van der Waals surface area (Å²) in [4.78, 5) is 1.38. The Balaban J connectivity index is 2.24. The Kier molecular flexibility index (Phi) is 5.15. The lowest BCUT2D eigenvalue weighted by Crippen LogP contribution is -2.28. The molecular weight excluding hydrogens is 194 g/mol. The summed E-state index contributed by atoms with van der Waals surface area (Å²) >= 11 is 1.79. The molecule has 1 rings (SSSR count). The lowest BCUT2D eigenvalue weighted by atomic mass is 10.2. The molecule has 0 aliphatic heterocycles. The van der Waals surface area contributed by atoms with Crippen LogP contribution in [0.2, 0.25) is 0 Å². The van der Waals surface area contributed by atoms with Crippen molar-refractivity contribution in [3.05, 3.63) is 22.4 Å². The van der Waals surface area contributed by atoms with Gasteiger partial charge in [0, 0.05) is 24.1 Å². The van der Waals surface area contributed by atoms with Gasteiger partial charge in [-0.05, 0) is 32.2 Å². The molecule has 0 fully saturated rings. The smallest absolute Gasteiger partial charge is 0.0671 e. The predicted molar refractivity (Wildman–Crippen MR) is 61.8 cm³/mol. The molecule has 0 aromatic carbocycles. The zero-order valence-corrected chi connectivity index (χ0v) is 9.93. The van der Waals surface area contributed by atoms with Gasteiger partial charge in [0.05, 0.1) is 6.10 Å². The number of rotatable bonds is 6. The summed E-state index contributed by atoms with van der Waals surface area (Å²) in [5, 5.41) is 5.57. The van der Waals surface area contributed by atoms with Crippen molar-refractivity contribution in [1.29, 1.82) is 0 Å². The van der Waals surface area contributed by atoms with Gasteiger partial charge in [0.25, 0.3) is 0 Å². The van der Waals surface area contributed by atoms with E-state index in [0.717, 1.165) is 13.2 Å². The Morgan fingerprint density at radius 1 is 1.50 bits per heavy atom. The third-order valence-corrected chi connectivity index (χ3v) is 3.19. The van der Waals surface area contributed by atoms with Crippen molar-refractivity contribution in [3.8, 4) is 0 Å². The van der Waals surface area contributed by atoms with E-state index in [2.05, 4.69) is 36.7 Å². The third-order valence-electron chi connectivity index (χ3n) is 2.13. The molecule has 1 aromatic heterocycles. The van der Waals surface area contributed by atoms with E-state index in [1.807, 2.05) is 6.92 Å². The molecule has 0 radical (unpaired) electrons. The fraction of sp³-hybridized carbons (Fsp3) is 0.636. The number of thiophene rings is 1. The SMILES string of the molecule is CCOC(C)CNC(C)c1cccs1. The van der Waals surface area contributed by atoms with Gasteiger partial charge < -0.3 is 10.1 Å². The van der Waals surface area contributed by atoms with Crippen LogP contribution in [0.5, 0.6) is 0 Å². The molecule has 14 heavy (non-hydrogen) atoms. The third kappa shape index (κ3) is 3.78. The Morgan fingerprint density at radius 3 is 2.86 bits per heavy atom. The first-order valence-corrected chi connectivity index (χ1v) is 6.00. The van der Waals surface area contributed by atoms with Crippen LogP contribution in [-0.2, 0) is 4.74 Å². The summed E-state index contributed by atoms with van der Waals surface area (Å²) in [6.45, 7) is 8.00. The first-order chi connectivity index (χ1) is 6.74. The van der Waals surface area contributed by atoms with E-state index in [0.29, 0.717) is 12.1 Å². The molecule has 2 atom stereocenters. The zero-order chi connectivity index (χ0) is 10.4. The Bertz CT molecular complexity index is 235. The first-order valence-electron chi connectivity index (χ1n) is 5.12. The second-order valence-electron chi connectivity index (χ2n) is 3.41. The molecule has 0 aliphatic rings. The van der Waals surface area contributed by atoms with Crippen molar-refractivity contribution in [3.63, 3.8) is 0 Å². The Labute approximate surface area is 90.3 Å². The molecule has 0 saturated heterocycles. The van der Waals surface area contributed by atoms with Crippen molar-refractivity contribution >= 4 is 11.3 Å². The Hall–Kier alpha value is -0.380. The van der Waals surface area contributed by atoms with Gasteiger partial charge in [-0.3, -0.25) is 0 Å². The van der Waals surface area contributed by atoms with Crippen LogP contribution in [-0.4, -0.2) is 19.3 Å². The van der Waals surface area contributed by atoms with E-state index in [4.69, 9.17) is 4.74 Å². The number of nitrogens with one attached hydrogen (secondary N) is 1. The average molecular weight is 213 g/mol. The van der Waals surface area contributed by atoms with Crippen molar-refractivity contribution in [2.24, 2.45) is 0 Å². The quantitative estimate of drug-likeness (QED) is 0.784. The van der Waals surface area contributed by atoms with E-state index < -0.39 is 0 Å². The van der Waals surface area contributed by atoms with Crippen LogP contribution in [0.3, 0.4) is 0 Å². The molecule has 3 heteroatoms. The largest absolute Gasteiger partial charge is 0.377 e. The zero-order valence-electron chi connectivity index (χ0n) is 9.12. The van der Waals surface area contributed by atoms with Gasteiger partial charge >= 0.3 is 0 Å². The van der Waals surface area contributed by atoms with Crippen molar-refractivity contribution in [2.75, 3.05) is 13.2 Å². The van der Waals surface area contributed by atoms with Gasteiger partial charge in [0.2, 0.25) is 0 Å². The predicted octanol–water partition coefficient (Wildman–Crippen LogP) is 2.82. The minimum Gasteiger partial charge on any atom is -0.377 e. The molecule has 0 aliphatic carbocycles. The van der Waals surface area contributed by atoms with Crippen molar-refractivity contribution in [1.82, 2.24) is 5.32 Å². The highest BCUT2D eigenvalue weighted by Crippen LogP contribution is 2.17. The second kappa shape index (κ2) is 6.17. The molecule has 2 nitrogen and oxygen atoms in total. The summed E-state index contributed by atoms with van der Waals surface area (Å²) in [5.41, 5.74) is 0. The second-order valence-corrected chi connectivity index (χ2v) is 4.39. The molecule has 1 N–H and O–H groups in total. The maximum absolute atomic E-state index is 5.45. The highest BCUT2D eigenvalue weighted by Gasteiger charge is 2.07. The molecule has 0 amide bonds. The molecule has 2 unspecified atom stereocenters. The van der Waals surface area contributed by atoms with Crippen LogP contribution >= 0.6 is 11.3 Å². The van der Waals surface area contributed by atoms with Gasteiger partial charge in [-0.1, -0.05) is 6.07 Å². The fourth-order valence-corrected chi connectivity index (χ4v) is 2.08. The van der Waals surface area contributed by atoms with Crippen LogP contribution < -0.4 is 5.32 Å². The van der Waals surface area contributed by atoms with E-state index in [9.17, 15) is 0 Å². The van der Waals surface area contributed by atoms with Crippen LogP contribution in [0, 0.1) is 0 Å². The molecule has 1 heterocycles. The normalized spacial score (nSPS) is 15.4. The van der Waals surface area contributed by atoms with Gasteiger partial charge in [-0.25, -0.2) is 0 Å². The summed E-state index contributed by atoms with van der Waals surface area (Å²) < 4.78 is 5.45. The summed E-state index contributed by atoms with van der Waals surface area (Å²) in [6, 6.07) is 4.68. The summed E-state index contributed by atoms with van der Waals surface area (Å²) in [5.74, 6) is 0. The van der Waals surface area contributed by atoms with Gasteiger partial charge in [-0.15, -0.1) is 11.3 Å². The summed E-state index contributed by atoms with van der Waals surface area (Å²) in [6.07, 6.45) is 0.294. The Morgan fingerprint density at radius 2 is 2.29 bits per heavy atom. The fourth-order valence-electron chi connectivity index (χ4n) is 1.32. The minimum absolute atomic E-state index is 0.294. The highest BCUT2D eigenvalue weighted by molar-refractivity contribution is 7.10. The molecule has 0 bridgehead atoms. The molecule has 0 saturated carbocycles. The maximum atomic E-state index is 5.45. The first kappa shape index (κ1) is 11.7. The van der Waals surface area contributed by atoms with Gasteiger partial charge in [-0.2, -0.15) is 0 Å². The number of hydrogen-bond acceptors (Lipinski definition) is 3. The van der Waals surface area contributed by atoms with Crippen molar-refractivity contribution < 1.29 is 4.74 Å². The average Bonchev–Trinajstić information content (AvgIpc) is 2.67. The lowest BCUT2D eigenvalue weighted by molar-refractivity contribution is 0.0744. The molecule has 1 aromatic rings. The number of ether oxygens (including phenoxy) is 1. The highest BCUT2D eigenvalue weighted by atomic mass is 32.1. The van der Waals surface area contributed by atoms with E-state index >= 15 is 0 Å². The van der Waals surface area contributed by atoms with Crippen LogP contribution in [0.15, 0.2) is 17.5 Å². The monoisotopic (exact) mass is 213 g/mol. The van der Waals surface area contributed by atoms with Crippen LogP contribution in [0.1, 0.15) is 31.7 Å². The van der Waals surface area contributed by atoms with E-state index in [1.54, 1.807) is 11.3 Å². The van der Waals surface area contributed by atoms with E-state index in [-0.39, 0.29) is 0 Å². The number of hydrogen-bond donors (Lipinski definition) is 1. The van der Waals surface area contributed by atoms with Crippen molar-refractivity contribution in [2.45, 2.75) is 32.9 Å². The lowest BCUT2D eigenvalue weighted by Gasteiger charge is -2.16. The van der Waals surface area contributed by atoms with Crippen LogP contribution in [0.25, 0.3) is 0 Å². The maximum Gasteiger partial charge on any atom is 0.0671 e. The summed E-state index contributed by atoms with van der Waals surface area (Å²) in [7, 11) is 0. The molecule has 0 spiro atoms. The van der Waals surface area contributed by atoms with Crippen LogP contribution in [0.4, 0.5) is 0 Å². The van der Waals surface area contributed by atoms with Gasteiger partial charge in [0.1, 0.15) is 0 Å². The molecular formula is C11H19NOS. The topological polar surface area (TPSA) is 21.3 Å². The standard InChI is InChI=1S/C11H19NOS/c1-4-13-9(2)8-12-10(3)11-6-5-7-14-11/h5-7,9-10,12H,4,8H2,1-3H3. The minimum atomic E-state index is 0.294. The molecule has 80 valence electrons. The van der Waals surface area contributed by atoms with E-state index in [1.165, 1.54) is 4.88 Å². The van der Waals surface area contributed by atoms with Gasteiger partial charge in [0.15, 0.2) is 0 Å².